The Bertz CT molecular complexity index is 792. The average Bonchev–Trinajstić information content (AvgIpc) is 2.85. The Morgan fingerprint density at radius 2 is 2.21 bits per heavy atom. The highest BCUT2D eigenvalue weighted by molar-refractivity contribution is 5.77. The van der Waals surface area contributed by atoms with Gasteiger partial charge in [0.2, 0.25) is 0 Å². The number of nitrogens with zero attached hydrogens (tertiary/aromatic N) is 1. The van der Waals surface area contributed by atoms with E-state index < -0.39 is 23.4 Å². The lowest BCUT2D eigenvalue weighted by atomic mass is 9.66. The molecule has 24 heavy (non-hydrogen) atoms. The molecule has 0 unspecified atom stereocenters. The van der Waals surface area contributed by atoms with Crippen molar-refractivity contribution >= 4 is 5.97 Å². The molecular weight excluding hydrogens is 310 g/mol. The molecule has 2 aromatic heterocycles. The SMILES string of the molecule is CC(C)OC(=O)[C@@H]1[C@H](c2cccnc2)c2c([nH][nH]c2=O)C[C@@]1(C)O. The standard InChI is InChI=1S/C17H21N3O4/c1-9(2)24-16(22)14-12(10-5-4-6-18-8-10)13-11(7-17(14,3)23)19-20-15(13)21/h4-6,8-9,12,14,23H,7H2,1-3H3,(H2,19,20,21)/t12-,14+,17-/m1/s1. The molecule has 0 saturated heterocycles. The molecule has 3 rings (SSSR count). The van der Waals surface area contributed by atoms with Crippen LogP contribution in [0.4, 0.5) is 0 Å². The second-order valence-electron chi connectivity index (χ2n) is 6.73. The van der Waals surface area contributed by atoms with Gasteiger partial charge in [0.05, 0.1) is 17.6 Å². The summed E-state index contributed by atoms with van der Waals surface area (Å²) in [5.41, 5.74) is 0.101. The molecule has 2 aromatic rings. The van der Waals surface area contributed by atoms with Gasteiger partial charge in [-0.1, -0.05) is 6.07 Å². The molecule has 0 fully saturated rings. The second kappa shape index (κ2) is 5.90. The van der Waals surface area contributed by atoms with Crippen LogP contribution in [0.3, 0.4) is 0 Å². The maximum atomic E-state index is 12.7. The number of pyridine rings is 1. The van der Waals surface area contributed by atoms with E-state index in [1.807, 2.05) is 0 Å². The molecule has 1 aliphatic carbocycles. The summed E-state index contributed by atoms with van der Waals surface area (Å²) >= 11 is 0. The first-order chi connectivity index (χ1) is 11.3. The Morgan fingerprint density at radius 1 is 1.46 bits per heavy atom. The fourth-order valence-electron chi connectivity index (χ4n) is 3.48. The zero-order valence-electron chi connectivity index (χ0n) is 13.9. The molecule has 0 spiro atoms. The number of aliphatic hydroxyl groups is 1. The third kappa shape index (κ3) is 2.75. The number of fused-ring (bicyclic) bond motifs is 1. The highest BCUT2D eigenvalue weighted by atomic mass is 16.5. The van der Waals surface area contributed by atoms with E-state index in [1.54, 1.807) is 45.3 Å². The van der Waals surface area contributed by atoms with Gasteiger partial charge in [0.15, 0.2) is 0 Å². The number of carbonyl (C=O) groups is 1. The van der Waals surface area contributed by atoms with Crippen LogP contribution in [0.1, 0.15) is 43.5 Å². The predicted octanol–water partition coefficient (Wildman–Crippen LogP) is 1.10. The van der Waals surface area contributed by atoms with Crippen LogP contribution in [-0.2, 0) is 16.0 Å². The van der Waals surface area contributed by atoms with Crippen LogP contribution in [-0.4, -0.2) is 38.0 Å². The molecule has 128 valence electrons. The smallest absolute Gasteiger partial charge is 0.313 e. The Labute approximate surface area is 139 Å². The summed E-state index contributed by atoms with van der Waals surface area (Å²) < 4.78 is 5.37. The number of aromatic amines is 2. The average molecular weight is 331 g/mol. The van der Waals surface area contributed by atoms with Crippen molar-refractivity contribution in [1.29, 1.82) is 0 Å². The monoisotopic (exact) mass is 331 g/mol. The van der Waals surface area contributed by atoms with Gasteiger partial charge in [0, 0.05) is 36.0 Å². The number of nitrogens with one attached hydrogen (secondary N) is 2. The quantitative estimate of drug-likeness (QED) is 0.730. The summed E-state index contributed by atoms with van der Waals surface area (Å²) in [5, 5.41) is 16.3. The number of H-pyrrole nitrogens is 2. The van der Waals surface area contributed by atoms with Crippen LogP contribution in [0.15, 0.2) is 29.3 Å². The molecule has 0 bridgehead atoms. The van der Waals surface area contributed by atoms with Gasteiger partial charge in [-0.3, -0.25) is 19.7 Å². The summed E-state index contributed by atoms with van der Waals surface area (Å²) in [6, 6.07) is 3.54. The van der Waals surface area contributed by atoms with Crippen LogP contribution in [0.5, 0.6) is 0 Å². The molecule has 3 atom stereocenters. The van der Waals surface area contributed by atoms with Gasteiger partial charge in [0.1, 0.15) is 0 Å². The van der Waals surface area contributed by atoms with Crippen molar-refractivity contribution < 1.29 is 14.6 Å². The number of aromatic nitrogens is 3. The summed E-state index contributed by atoms with van der Waals surface area (Å²) in [4.78, 5) is 29.1. The van der Waals surface area contributed by atoms with Crippen molar-refractivity contribution in [3.8, 4) is 0 Å². The second-order valence-corrected chi connectivity index (χ2v) is 6.73. The Hall–Kier alpha value is -2.41. The normalized spacial score (nSPS) is 26.2. The minimum absolute atomic E-state index is 0.162. The van der Waals surface area contributed by atoms with Gasteiger partial charge < -0.3 is 14.9 Å². The van der Waals surface area contributed by atoms with Gasteiger partial charge in [0.25, 0.3) is 5.56 Å². The summed E-state index contributed by atoms with van der Waals surface area (Å²) in [6.07, 6.45) is 3.08. The fourth-order valence-corrected chi connectivity index (χ4v) is 3.48. The van der Waals surface area contributed by atoms with E-state index in [4.69, 9.17) is 4.74 Å². The number of hydrogen-bond acceptors (Lipinski definition) is 5. The molecule has 0 saturated carbocycles. The highest BCUT2D eigenvalue weighted by Gasteiger charge is 2.51. The molecule has 3 N–H and O–H groups in total. The molecule has 7 heteroatoms. The largest absolute Gasteiger partial charge is 0.463 e. The van der Waals surface area contributed by atoms with Crippen molar-refractivity contribution in [1.82, 2.24) is 15.2 Å². The lowest BCUT2D eigenvalue weighted by Crippen LogP contribution is -2.50. The first kappa shape index (κ1) is 16.4. The molecule has 2 heterocycles. The van der Waals surface area contributed by atoms with Crippen molar-refractivity contribution in [3.63, 3.8) is 0 Å². The van der Waals surface area contributed by atoms with Gasteiger partial charge in [-0.05, 0) is 32.4 Å². The van der Waals surface area contributed by atoms with Crippen molar-refractivity contribution in [2.24, 2.45) is 5.92 Å². The van der Waals surface area contributed by atoms with E-state index in [9.17, 15) is 14.7 Å². The predicted molar refractivity (Wildman–Crippen MR) is 86.5 cm³/mol. The maximum absolute atomic E-state index is 12.7. The van der Waals surface area contributed by atoms with E-state index >= 15 is 0 Å². The van der Waals surface area contributed by atoms with E-state index in [0.717, 1.165) is 0 Å². The topological polar surface area (TPSA) is 108 Å². The van der Waals surface area contributed by atoms with E-state index in [2.05, 4.69) is 15.2 Å². The van der Waals surface area contributed by atoms with E-state index in [-0.39, 0.29) is 18.1 Å². The Balaban J connectivity index is 2.18. The van der Waals surface area contributed by atoms with Crippen molar-refractivity contribution in [2.45, 2.75) is 44.8 Å². The lowest BCUT2D eigenvalue weighted by Gasteiger charge is -2.40. The minimum atomic E-state index is -1.36. The Kier molecular flexibility index (Phi) is 4.04. The van der Waals surface area contributed by atoms with Gasteiger partial charge in [-0.2, -0.15) is 0 Å². The first-order valence-electron chi connectivity index (χ1n) is 7.93. The zero-order valence-corrected chi connectivity index (χ0v) is 13.9. The first-order valence-corrected chi connectivity index (χ1v) is 7.93. The number of hydrogen-bond donors (Lipinski definition) is 3. The molecule has 0 amide bonds. The molecular formula is C17H21N3O4. The van der Waals surface area contributed by atoms with Crippen molar-refractivity contribution in [3.05, 3.63) is 51.7 Å². The molecule has 0 aliphatic heterocycles. The van der Waals surface area contributed by atoms with Crippen LogP contribution < -0.4 is 5.56 Å². The Morgan fingerprint density at radius 3 is 2.83 bits per heavy atom. The summed E-state index contributed by atoms with van der Waals surface area (Å²) in [5.74, 6) is -2.04. The number of esters is 1. The van der Waals surface area contributed by atoms with Gasteiger partial charge in [-0.25, -0.2) is 0 Å². The van der Waals surface area contributed by atoms with Crippen LogP contribution >= 0.6 is 0 Å². The van der Waals surface area contributed by atoms with Crippen LogP contribution in [0.25, 0.3) is 0 Å². The number of rotatable bonds is 3. The van der Waals surface area contributed by atoms with Gasteiger partial charge in [-0.15, -0.1) is 0 Å². The summed E-state index contributed by atoms with van der Waals surface area (Å²) in [7, 11) is 0. The molecule has 0 radical (unpaired) electrons. The third-order valence-electron chi connectivity index (χ3n) is 4.39. The maximum Gasteiger partial charge on any atom is 0.313 e. The number of carbonyl (C=O) groups excluding carboxylic acids is 1. The molecule has 7 nitrogen and oxygen atoms in total. The highest BCUT2D eigenvalue weighted by Crippen LogP contribution is 2.44. The van der Waals surface area contributed by atoms with Crippen LogP contribution in [0, 0.1) is 5.92 Å². The lowest BCUT2D eigenvalue weighted by molar-refractivity contribution is -0.163. The summed E-state index contributed by atoms with van der Waals surface area (Å²) in [6.45, 7) is 5.10. The van der Waals surface area contributed by atoms with Crippen LogP contribution in [0.2, 0.25) is 0 Å². The fraction of sp³-hybridized carbons (Fsp3) is 0.471. The molecule has 1 aliphatic rings. The van der Waals surface area contributed by atoms with Gasteiger partial charge >= 0.3 is 5.97 Å². The van der Waals surface area contributed by atoms with Crippen molar-refractivity contribution in [2.75, 3.05) is 0 Å². The molecule has 0 aromatic carbocycles. The van der Waals surface area contributed by atoms with E-state index in [0.29, 0.717) is 16.8 Å². The minimum Gasteiger partial charge on any atom is -0.463 e. The number of ether oxygens (including phenoxy) is 1. The zero-order chi connectivity index (χ0) is 17.5. The van der Waals surface area contributed by atoms with E-state index in [1.165, 1.54) is 0 Å². The third-order valence-corrected chi connectivity index (χ3v) is 4.39.